The van der Waals surface area contributed by atoms with E-state index in [4.69, 9.17) is 0 Å². The molecule has 96 valence electrons. The zero-order valence-electron chi connectivity index (χ0n) is 9.94. The van der Waals surface area contributed by atoms with Crippen LogP contribution in [0.5, 0.6) is 0 Å². The van der Waals surface area contributed by atoms with Crippen LogP contribution in [0.3, 0.4) is 0 Å². The summed E-state index contributed by atoms with van der Waals surface area (Å²) in [6.45, 7) is 0. The quantitative estimate of drug-likeness (QED) is 0.671. The van der Waals surface area contributed by atoms with Gasteiger partial charge in [-0.15, -0.1) is 0 Å². The average Bonchev–Trinajstić information content (AvgIpc) is 2.38. The average molecular weight is 259 g/mol. The van der Waals surface area contributed by atoms with E-state index in [-0.39, 0.29) is 5.69 Å². The molecule has 19 heavy (non-hydrogen) atoms. The van der Waals surface area contributed by atoms with Gasteiger partial charge in [-0.2, -0.15) is 0 Å². The molecule has 0 spiro atoms. The summed E-state index contributed by atoms with van der Waals surface area (Å²) in [5.74, 6) is -1.36. The Hall–Kier alpha value is -2.49. The van der Waals surface area contributed by atoms with Gasteiger partial charge in [0.1, 0.15) is 17.9 Å². The Bertz CT molecular complexity index is 589. The van der Waals surface area contributed by atoms with Crippen molar-refractivity contribution in [2.24, 2.45) is 0 Å². The fraction of sp³-hybridized carbons (Fsp3) is 0. The minimum absolute atomic E-state index is 0.245. The van der Waals surface area contributed by atoms with Gasteiger partial charge in [-0.1, -0.05) is 30.3 Å². The summed E-state index contributed by atoms with van der Waals surface area (Å²) in [4.78, 5) is 10.6. The fourth-order valence-electron chi connectivity index (χ4n) is 1.68. The first kappa shape index (κ1) is 13.0. The van der Waals surface area contributed by atoms with Crippen LogP contribution < -0.4 is 5.32 Å². The molecule has 0 atom stereocenters. The van der Waals surface area contributed by atoms with Crippen LogP contribution >= 0.6 is 0 Å². The van der Waals surface area contributed by atoms with Crippen molar-refractivity contribution in [1.82, 2.24) is 0 Å². The number of aldehydes is 1. The maximum atomic E-state index is 13.1. The van der Waals surface area contributed by atoms with Crippen molar-refractivity contribution < 1.29 is 13.6 Å². The van der Waals surface area contributed by atoms with Crippen LogP contribution in [-0.4, -0.2) is 6.29 Å². The number of carbonyl (C=O) groups is 1. The second-order valence-corrected chi connectivity index (χ2v) is 3.87. The molecular weight excluding hydrogens is 248 g/mol. The molecule has 0 aliphatic rings. The summed E-state index contributed by atoms with van der Waals surface area (Å²) in [5, 5.41) is 2.83. The van der Waals surface area contributed by atoms with E-state index in [1.165, 1.54) is 6.08 Å². The molecule has 0 radical (unpaired) electrons. The van der Waals surface area contributed by atoms with Gasteiger partial charge in [0.2, 0.25) is 0 Å². The fourth-order valence-corrected chi connectivity index (χ4v) is 1.68. The smallest absolute Gasteiger partial charge is 0.144 e. The van der Waals surface area contributed by atoms with Crippen molar-refractivity contribution in [2.75, 3.05) is 5.32 Å². The number of anilines is 1. The Morgan fingerprint density at radius 1 is 1.00 bits per heavy atom. The number of carbonyl (C=O) groups excluding carboxylic acids is 1. The number of hydrogen-bond donors (Lipinski definition) is 1. The maximum Gasteiger partial charge on any atom is 0.144 e. The van der Waals surface area contributed by atoms with Gasteiger partial charge in [-0.3, -0.25) is 4.79 Å². The number of hydrogen-bond acceptors (Lipinski definition) is 2. The van der Waals surface area contributed by atoms with Crippen molar-refractivity contribution in [1.29, 1.82) is 0 Å². The van der Waals surface area contributed by atoms with Gasteiger partial charge >= 0.3 is 0 Å². The molecule has 0 amide bonds. The third-order valence-corrected chi connectivity index (χ3v) is 2.46. The summed E-state index contributed by atoms with van der Waals surface area (Å²) in [6, 6.07) is 12.1. The zero-order chi connectivity index (χ0) is 13.7. The Labute approximate surface area is 109 Å². The molecule has 0 unspecified atom stereocenters. The number of allylic oxidation sites excluding steroid dienone is 1. The topological polar surface area (TPSA) is 29.1 Å². The molecule has 0 bridgehead atoms. The van der Waals surface area contributed by atoms with Gasteiger partial charge in [0.05, 0.1) is 0 Å². The van der Waals surface area contributed by atoms with Gasteiger partial charge in [0.25, 0.3) is 0 Å². The van der Waals surface area contributed by atoms with E-state index in [9.17, 15) is 13.6 Å². The highest BCUT2D eigenvalue weighted by molar-refractivity contribution is 5.87. The van der Waals surface area contributed by atoms with E-state index in [0.29, 0.717) is 12.0 Å². The lowest BCUT2D eigenvalue weighted by Crippen LogP contribution is -2.00. The molecule has 2 aromatic carbocycles. The lowest BCUT2D eigenvalue weighted by molar-refractivity contribution is -0.104. The first-order chi connectivity index (χ1) is 9.19. The van der Waals surface area contributed by atoms with Crippen molar-refractivity contribution in [2.45, 2.75) is 0 Å². The second-order valence-electron chi connectivity index (χ2n) is 3.87. The zero-order valence-corrected chi connectivity index (χ0v) is 9.94. The van der Waals surface area contributed by atoms with E-state index in [2.05, 4.69) is 5.32 Å². The van der Waals surface area contributed by atoms with E-state index < -0.39 is 11.6 Å². The molecule has 1 N–H and O–H groups in total. The molecule has 4 heteroatoms. The van der Waals surface area contributed by atoms with Gasteiger partial charge in [-0.05, 0) is 17.7 Å². The molecule has 2 rings (SSSR count). The Morgan fingerprint density at radius 2 is 1.63 bits per heavy atom. The lowest BCUT2D eigenvalue weighted by Gasteiger charge is -2.11. The minimum Gasteiger partial charge on any atom is -0.355 e. The molecule has 2 aromatic rings. The van der Waals surface area contributed by atoms with Crippen LogP contribution in [0.25, 0.3) is 5.70 Å². The minimum atomic E-state index is -0.680. The van der Waals surface area contributed by atoms with E-state index >= 15 is 0 Å². The van der Waals surface area contributed by atoms with E-state index in [1.54, 1.807) is 12.1 Å². The largest absolute Gasteiger partial charge is 0.355 e. The highest BCUT2D eigenvalue weighted by atomic mass is 19.1. The van der Waals surface area contributed by atoms with Gasteiger partial charge < -0.3 is 5.32 Å². The third kappa shape index (κ3) is 3.48. The monoisotopic (exact) mass is 259 g/mol. The van der Waals surface area contributed by atoms with Gasteiger partial charge in [0.15, 0.2) is 0 Å². The second kappa shape index (κ2) is 5.91. The number of halogens is 2. The summed E-state index contributed by atoms with van der Waals surface area (Å²) < 4.78 is 26.2. The number of rotatable bonds is 4. The lowest BCUT2D eigenvalue weighted by atomic mass is 10.1. The number of nitrogens with one attached hydrogen (secondary N) is 1. The molecule has 0 saturated heterocycles. The van der Waals surface area contributed by atoms with Crippen LogP contribution in [0, 0.1) is 11.6 Å². The molecule has 0 fully saturated rings. The molecule has 0 aliphatic carbocycles. The summed E-state index contributed by atoms with van der Waals surface area (Å²) in [5.41, 5.74) is 1.47. The standard InChI is InChI=1S/C15H11F2NO/c16-12-8-13(17)10-14(9-12)18-15(6-7-19)11-4-2-1-3-5-11/h1-10,18H/b15-6-. The highest BCUT2D eigenvalue weighted by Gasteiger charge is 2.04. The predicted octanol–water partition coefficient (Wildman–Crippen LogP) is 3.62. The molecular formula is C15H11F2NO. The van der Waals surface area contributed by atoms with Crippen molar-refractivity contribution in [3.8, 4) is 0 Å². The normalized spacial score (nSPS) is 11.2. The molecule has 0 saturated carbocycles. The van der Waals surface area contributed by atoms with Crippen molar-refractivity contribution in [3.63, 3.8) is 0 Å². The molecule has 0 aromatic heterocycles. The van der Waals surface area contributed by atoms with Crippen LogP contribution in [0.15, 0.2) is 54.6 Å². The van der Waals surface area contributed by atoms with E-state index in [1.807, 2.05) is 18.2 Å². The van der Waals surface area contributed by atoms with Crippen molar-refractivity contribution in [3.05, 3.63) is 71.8 Å². The SMILES string of the molecule is O=C/C=C(\Nc1cc(F)cc(F)c1)c1ccccc1. The van der Waals surface area contributed by atoms with Crippen LogP contribution in [0.2, 0.25) is 0 Å². The van der Waals surface area contributed by atoms with Gasteiger partial charge in [-0.25, -0.2) is 8.78 Å². The molecule has 0 aliphatic heterocycles. The highest BCUT2D eigenvalue weighted by Crippen LogP contribution is 2.20. The Balaban J connectivity index is 2.32. The van der Waals surface area contributed by atoms with Gasteiger partial charge in [0, 0.05) is 23.5 Å². The summed E-state index contributed by atoms with van der Waals surface area (Å²) >= 11 is 0. The van der Waals surface area contributed by atoms with Crippen LogP contribution in [0.1, 0.15) is 5.56 Å². The van der Waals surface area contributed by atoms with Crippen LogP contribution in [-0.2, 0) is 4.79 Å². The maximum absolute atomic E-state index is 13.1. The summed E-state index contributed by atoms with van der Waals surface area (Å²) in [7, 11) is 0. The molecule has 0 heterocycles. The predicted molar refractivity (Wildman–Crippen MR) is 70.5 cm³/mol. The first-order valence-electron chi connectivity index (χ1n) is 5.63. The summed E-state index contributed by atoms with van der Waals surface area (Å²) in [6.07, 6.45) is 1.92. The Morgan fingerprint density at radius 3 is 2.21 bits per heavy atom. The third-order valence-electron chi connectivity index (χ3n) is 2.46. The van der Waals surface area contributed by atoms with Crippen LogP contribution in [0.4, 0.5) is 14.5 Å². The molecule has 2 nitrogen and oxygen atoms in total. The number of benzene rings is 2. The van der Waals surface area contributed by atoms with E-state index in [0.717, 1.165) is 23.8 Å². The Kier molecular flexibility index (Phi) is 4.03. The first-order valence-corrected chi connectivity index (χ1v) is 5.63. The van der Waals surface area contributed by atoms with Crippen molar-refractivity contribution >= 4 is 17.7 Å².